The summed E-state index contributed by atoms with van der Waals surface area (Å²) < 4.78 is 5.54. The number of hydrogen-bond acceptors (Lipinski definition) is 1. The maximum atomic E-state index is 5.54. The van der Waals surface area contributed by atoms with Gasteiger partial charge in [0.2, 0.25) is 0 Å². The Bertz CT molecular complexity index is 347. The fraction of sp³-hybridized carbons (Fsp3) is 0.333. The van der Waals surface area contributed by atoms with Crippen LogP contribution in [0.25, 0.3) is 0 Å². The van der Waals surface area contributed by atoms with Crippen molar-refractivity contribution in [2.24, 2.45) is 0 Å². The molecule has 0 atom stereocenters. The molecule has 0 radical (unpaired) electrons. The highest BCUT2D eigenvalue weighted by molar-refractivity contribution is 5.24. The lowest BCUT2D eigenvalue weighted by atomic mass is 10.3. The molecule has 1 rings (SSSR count). The Morgan fingerprint density at radius 1 is 1.11 bits per heavy atom. The predicted molar refractivity (Wildman–Crippen MR) is 87.5 cm³/mol. The van der Waals surface area contributed by atoms with E-state index in [2.05, 4.69) is 20.4 Å². The molecule has 19 heavy (non-hydrogen) atoms. The Morgan fingerprint density at radius 3 is 2.11 bits per heavy atom. The van der Waals surface area contributed by atoms with Crippen molar-refractivity contribution in [3.63, 3.8) is 0 Å². The first-order valence-corrected chi connectivity index (χ1v) is 6.93. The summed E-state index contributed by atoms with van der Waals surface area (Å²) in [5.74, 6) is 1.71. The van der Waals surface area contributed by atoms with Crippen molar-refractivity contribution >= 4 is 0 Å². The van der Waals surface area contributed by atoms with E-state index in [1.165, 1.54) is 6.42 Å². The Morgan fingerprint density at radius 2 is 1.63 bits per heavy atom. The van der Waals surface area contributed by atoms with Crippen LogP contribution in [0.15, 0.2) is 67.0 Å². The Kier molecular flexibility index (Phi) is 16.7. The molecule has 0 heterocycles. The van der Waals surface area contributed by atoms with Crippen LogP contribution in [0.4, 0.5) is 0 Å². The van der Waals surface area contributed by atoms with Gasteiger partial charge in [-0.1, -0.05) is 77.1 Å². The smallest absolute Gasteiger partial charge is 0.126 e. The molecule has 0 amide bonds. The fourth-order valence-corrected chi connectivity index (χ4v) is 0.978. The topological polar surface area (TPSA) is 9.23 Å². The minimum Gasteiger partial charge on any atom is -0.462 e. The Balaban J connectivity index is 0. The molecular weight excluding hydrogens is 232 g/mol. The van der Waals surface area contributed by atoms with Gasteiger partial charge in [0.05, 0.1) is 0 Å². The first kappa shape index (κ1) is 19.6. The van der Waals surface area contributed by atoms with E-state index < -0.39 is 0 Å². The van der Waals surface area contributed by atoms with Crippen LogP contribution < -0.4 is 4.74 Å². The van der Waals surface area contributed by atoms with Gasteiger partial charge in [-0.25, -0.2) is 0 Å². The molecule has 1 heteroatoms. The van der Waals surface area contributed by atoms with E-state index in [9.17, 15) is 0 Å². The van der Waals surface area contributed by atoms with E-state index in [0.29, 0.717) is 0 Å². The fourth-order valence-electron chi connectivity index (χ4n) is 0.978. The van der Waals surface area contributed by atoms with Crippen molar-refractivity contribution in [3.8, 4) is 5.75 Å². The van der Waals surface area contributed by atoms with E-state index >= 15 is 0 Å². The summed E-state index contributed by atoms with van der Waals surface area (Å²) in [5.41, 5.74) is 0. The number of ether oxygens (including phenoxy) is 1. The van der Waals surface area contributed by atoms with Crippen LogP contribution in [-0.2, 0) is 0 Å². The van der Waals surface area contributed by atoms with Gasteiger partial charge in [-0.3, -0.25) is 0 Å². The quantitative estimate of drug-likeness (QED) is 0.465. The molecule has 0 bridgehead atoms. The van der Waals surface area contributed by atoms with Crippen LogP contribution in [0.1, 0.15) is 41.0 Å². The van der Waals surface area contributed by atoms with E-state index in [1.807, 2.05) is 69.3 Å². The van der Waals surface area contributed by atoms with Gasteiger partial charge in [0.15, 0.2) is 0 Å². The number of para-hydroxylation sites is 1. The molecule has 1 nitrogen and oxygen atoms in total. The van der Waals surface area contributed by atoms with Gasteiger partial charge in [-0.2, -0.15) is 0 Å². The summed E-state index contributed by atoms with van der Waals surface area (Å²) in [5, 5.41) is 0. The largest absolute Gasteiger partial charge is 0.462 e. The number of benzene rings is 1. The number of allylic oxidation sites excluding steroid dienone is 5. The third-order valence-electron chi connectivity index (χ3n) is 1.60. The maximum Gasteiger partial charge on any atom is 0.126 e. The molecule has 0 spiro atoms. The Labute approximate surface area is 119 Å². The number of rotatable bonds is 4. The maximum absolute atomic E-state index is 5.54. The van der Waals surface area contributed by atoms with Crippen molar-refractivity contribution in [1.29, 1.82) is 0 Å². The summed E-state index contributed by atoms with van der Waals surface area (Å²) in [6.07, 6.45) is 8.63. The molecule has 1 aromatic rings. The van der Waals surface area contributed by atoms with Crippen molar-refractivity contribution < 1.29 is 4.74 Å². The van der Waals surface area contributed by atoms with E-state index in [1.54, 1.807) is 6.08 Å². The molecule has 0 fully saturated rings. The Hall–Kier alpha value is -1.76. The molecule has 0 aliphatic carbocycles. The summed E-state index contributed by atoms with van der Waals surface area (Å²) in [7, 11) is 0. The van der Waals surface area contributed by atoms with Gasteiger partial charge in [0.25, 0.3) is 0 Å². The minimum absolute atomic E-state index is 0.855. The zero-order chi connectivity index (χ0) is 14.9. The molecule has 106 valence electrons. The summed E-state index contributed by atoms with van der Waals surface area (Å²) in [4.78, 5) is 0. The molecule has 1 aromatic carbocycles. The van der Waals surface area contributed by atoms with Gasteiger partial charge in [0.1, 0.15) is 11.5 Å². The van der Waals surface area contributed by atoms with Crippen LogP contribution in [0, 0.1) is 0 Å². The van der Waals surface area contributed by atoms with Gasteiger partial charge in [-0.15, -0.1) is 0 Å². The van der Waals surface area contributed by atoms with Gasteiger partial charge < -0.3 is 4.74 Å². The highest BCUT2D eigenvalue weighted by Crippen LogP contribution is 2.12. The SMILES string of the molecule is C=C/C=C\C=C(/C)Oc1ccccc1.CC.CCC. The zero-order valence-electron chi connectivity index (χ0n) is 13.0. The van der Waals surface area contributed by atoms with Crippen LogP contribution >= 0.6 is 0 Å². The van der Waals surface area contributed by atoms with Crippen molar-refractivity contribution in [1.82, 2.24) is 0 Å². The molecule has 0 aliphatic rings. The van der Waals surface area contributed by atoms with Crippen molar-refractivity contribution in [2.45, 2.75) is 41.0 Å². The van der Waals surface area contributed by atoms with Crippen LogP contribution in [0.5, 0.6) is 5.75 Å². The van der Waals surface area contributed by atoms with Crippen LogP contribution in [0.2, 0.25) is 0 Å². The molecule has 0 aliphatic heterocycles. The van der Waals surface area contributed by atoms with Crippen LogP contribution in [0.3, 0.4) is 0 Å². The zero-order valence-corrected chi connectivity index (χ0v) is 13.0. The first-order valence-electron chi connectivity index (χ1n) is 6.93. The summed E-state index contributed by atoms with van der Waals surface area (Å²) in [6.45, 7) is 13.8. The third kappa shape index (κ3) is 14.2. The van der Waals surface area contributed by atoms with Gasteiger partial charge in [-0.05, 0) is 25.1 Å². The normalized spacial score (nSPS) is 9.84. The van der Waals surface area contributed by atoms with E-state index in [-0.39, 0.29) is 0 Å². The summed E-state index contributed by atoms with van der Waals surface area (Å²) in [6, 6.07) is 9.71. The predicted octanol–water partition coefficient (Wildman–Crippen LogP) is 6.15. The van der Waals surface area contributed by atoms with E-state index in [4.69, 9.17) is 4.74 Å². The second kappa shape index (κ2) is 16.2. The third-order valence-corrected chi connectivity index (χ3v) is 1.60. The van der Waals surface area contributed by atoms with Gasteiger partial charge in [0, 0.05) is 0 Å². The molecule has 0 unspecified atom stereocenters. The van der Waals surface area contributed by atoms with Crippen molar-refractivity contribution in [2.75, 3.05) is 0 Å². The minimum atomic E-state index is 0.855. The average Bonchev–Trinajstić information content (AvgIpc) is 2.43. The monoisotopic (exact) mass is 260 g/mol. The lowest BCUT2D eigenvalue weighted by Gasteiger charge is -2.03. The second-order valence-corrected chi connectivity index (χ2v) is 3.52. The highest BCUT2D eigenvalue weighted by atomic mass is 16.5. The molecule has 0 saturated carbocycles. The highest BCUT2D eigenvalue weighted by Gasteiger charge is 1.90. The summed E-state index contributed by atoms with van der Waals surface area (Å²) >= 11 is 0. The molecular formula is C18H28O. The van der Waals surface area contributed by atoms with Crippen LogP contribution in [-0.4, -0.2) is 0 Å². The van der Waals surface area contributed by atoms with E-state index in [0.717, 1.165) is 11.5 Å². The van der Waals surface area contributed by atoms with Crippen molar-refractivity contribution in [3.05, 3.63) is 67.0 Å². The average molecular weight is 260 g/mol. The lowest BCUT2D eigenvalue weighted by Crippen LogP contribution is -1.88. The molecule has 0 saturated heterocycles. The standard InChI is InChI=1S/C13H14O.C3H8.C2H6/c1-3-4-6-9-12(2)14-13-10-7-5-8-11-13;1-3-2;1-2/h3-11H,1H2,2H3;3H2,1-2H3;1-2H3/b6-4-,12-9+;;. The number of hydrogen-bond donors (Lipinski definition) is 0. The van der Waals surface area contributed by atoms with Gasteiger partial charge >= 0.3 is 0 Å². The first-order chi connectivity index (χ1) is 9.24. The molecule has 0 N–H and O–H groups in total. The lowest BCUT2D eigenvalue weighted by molar-refractivity contribution is 0.428. The molecule has 0 aromatic heterocycles. The second-order valence-electron chi connectivity index (χ2n) is 3.52.